The van der Waals surface area contributed by atoms with Crippen molar-refractivity contribution in [3.8, 4) is 16.9 Å². The number of thioether (sulfide) groups is 1. The fourth-order valence-electron chi connectivity index (χ4n) is 1.46. The molecule has 0 aliphatic carbocycles. The number of nitrogens with one attached hydrogen (secondary N) is 1. The van der Waals surface area contributed by atoms with Crippen LogP contribution in [0.2, 0.25) is 0 Å². The number of nitrogens with two attached hydrogens (primary N) is 1. The monoisotopic (exact) mass is 239 g/mol. The van der Waals surface area contributed by atoms with Crippen molar-refractivity contribution < 1.29 is 9.50 Å². The third-order valence-corrected chi connectivity index (χ3v) is 3.04. The van der Waals surface area contributed by atoms with E-state index in [4.69, 9.17) is 5.73 Å². The molecule has 4 N–H and O–H groups in total. The number of nitrogen functional groups attached to an aromatic ring is 1. The molecule has 4 nitrogen and oxygen atoms in total. The van der Waals surface area contributed by atoms with Gasteiger partial charge in [-0.05, 0) is 18.4 Å². The molecular weight excluding hydrogens is 229 g/mol. The molecular formula is C10H10FN3OS. The Morgan fingerprint density at radius 1 is 1.44 bits per heavy atom. The summed E-state index contributed by atoms with van der Waals surface area (Å²) in [6.07, 6.45) is 3.15. The SMILES string of the molecule is CSc1c(O)ccc(-c2cn[nH]c2N)c1F. The summed E-state index contributed by atoms with van der Waals surface area (Å²) in [5, 5.41) is 15.7. The topological polar surface area (TPSA) is 74.9 Å². The van der Waals surface area contributed by atoms with E-state index in [1.165, 1.54) is 18.3 Å². The van der Waals surface area contributed by atoms with Crippen molar-refractivity contribution >= 4 is 17.6 Å². The van der Waals surface area contributed by atoms with Crippen LogP contribution in [0.15, 0.2) is 23.2 Å². The molecule has 16 heavy (non-hydrogen) atoms. The molecule has 2 aromatic rings. The van der Waals surface area contributed by atoms with E-state index in [1.54, 1.807) is 6.26 Å². The molecule has 0 atom stereocenters. The molecule has 0 unspecified atom stereocenters. The molecule has 1 aromatic carbocycles. The summed E-state index contributed by atoms with van der Waals surface area (Å²) >= 11 is 1.14. The van der Waals surface area contributed by atoms with Gasteiger partial charge < -0.3 is 10.8 Å². The standard InChI is InChI=1S/C10H10FN3OS/c1-16-9-7(15)3-2-5(8(9)11)6-4-13-14-10(6)12/h2-4,15H,1H3,(H3,12,13,14). The number of aromatic amines is 1. The molecule has 1 heterocycles. The van der Waals surface area contributed by atoms with Crippen LogP contribution in [0.5, 0.6) is 5.75 Å². The summed E-state index contributed by atoms with van der Waals surface area (Å²) in [5.41, 5.74) is 6.44. The number of anilines is 1. The lowest BCUT2D eigenvalue weighted by atomic mass is 10.1. The highest BCUT2D eigenvalue weighted by molar-refractivity contribution is 7.98. The number of benzene rings is 1. The maximum absolute atomic E-state index is 14.0. The van der Waals surface area contributed by atoms with Gasteiger partial charge in [0.25, 0.3) is 0 Å². The van der Waals surface area contributed by atoms with Crippen molar-refractivity contribution in [2.45, 2.75) is 4.90 Å². The number of phenols is 1. The minimum Gasteiger partial charge on any atom is -0.507 e. The summed E-state index contributed by atoms with van der Waals surface area (Å²) < 4.78 is 14.0. The van der Waals surface area contributed by atoms with E-state index in [-0.39, 0.29) is 10.6 Å². The summed E-state index contributed by atoms with van der Waals surface area (Å²) in [6.45, 7) is 0. The fourth-order valence-corrected chi connectivity index (χ4v) is 2.03. The number of H-pyrrole nitrogens is 1. The number of hydrogen-bond acceptors (Lipinski definition) is 4. The van der Waals surface area contributed by atoms with Gasteiger partial charge in [-0.1, -0.05) is 0 Å². The van der Waals surface area contributed by atoms with Crippen LogP contribution >= 0.6 is 11.8 Å². The lowest BCUT2D eigenvalue weighted by Gasteiger charge is -2.07. The second kappa shape index (κ2) is 4.05. The molecule has 0 saturated heterocycles. The zero-order chi connectivity index (χ0) is 11.7. The van der Waals surface area contributed by atoms with Gasteiger partial charge in [0.05, 0.1) is 11.1 Å². The third-order valence-electron chi connectivity index (χ3n) is 2.24. The minimum absolute atomic E-state index is 0.0733. The average Bonchev–Trinajstić information content (AvgIpc) is 2.66. The first-order valence-electron chi connectivity index (χ1n) is 4.49. The van der Waals surface area contributed by atoms with Crippen molar-refractivity contribution in [3.63, 3.8) is 0 Å². The average molecular weight is 239 g/mol. The van der Waals surface area contributed by atoms with Crippen LogP contribution in [0.25, 0.3) is 11.1 Å². The number of nitrogens with zero attached hydrogens (tertiary/aromatic N) is 1. The molecule has 1 aromatic heterocycles. The van der Waals surface area contributed by atoms with Crippen LogP contribution in [0.1, 0.15) is 0 Å². The first-order valence-corrected chi connectivity index (χ1v) is 5.72. The van der Waals surface area contributed by atoms with Crippen molar-refractivity contribution in [2.24, 2.45) is 0 Å². The second-order valence-electron chi connectivity index (χ2n) is 3.18. The van der Waals surface area contributed by atoms with Gasteiger partial charge in [-0.15, -0.1) is 11.8 Å². The molecule has 84 valence electrons. The summed E-state index contributed by atoms with van der Waals surface area (Å²) in [4.78, 5) is 0.207. The Hall–Kier alpha value is -1.69. The molecule has 0 radical (unpaired) electrons. The van der Waals surface area contributed by atoms with Crippen LogP contribution in [-0.2, 0) is 0 Å². The number of aromatic hydroxyl groups is 1. The molecule has 0 aliphatic rings. The number of phenolic OH excluding ortho intramolecular Hbond substituents is 1. The van der Waals surface area contributed by atoms with Gasteiger partial charge in [-0.2, -0.15) is 5.10 Å². The Balaban J connectivity index is 2.63. The van der Waals surface area contributed by atoms with Gasteiger partial charge in [0.2, 0.25) is 0 Å². The number of aromatic nitrogens is 2. The van der Waals surface area contributed by atoms with Crippen LogP contribution in [0, 0.1) is 5.82 Å². The summed E-state index contributed by atoms with van der Waals surface area (Å²) in [5.74, 6) is -0.256. The van der Waals surface area contributed by atoms with E-state index >= 15 is 0 Å². The molecule has 0 fully saturated rings. The number of hydrogen-bond donors (Lipinski definition) is 3. The smallest absolute Gasteiger partial charge is 0.148 e. The molecule has 6 heteroatoms. The second-order valence-corrected chi connectivity index (χ2v) is 3.99. The van der Waals surface area contributed by atoms with Crippen LogP contribution in [-0.4, -0.2) is 21.6 Å². The molecule has 0 saturated carbocycles. The van der Waals surface area contributed by atoms with E-state index in [0.29, 0.717) is 16.9 Å². The Morgan fingerprint density at radius 2 is 2.19 bits per heavy atom. The lowest BCUT2D eigenvalue weighted by molar-refractivity contribution is 0.450. The van der Waals surface area contributed by atoms with E-state index in [1.807, 2.05) is 0 Å². The predicted molar refractivity (Wildman–Crippen MR) is 61.8 cm³/mol. The highest BCUT2D eigenvalue weighted by atomic mass is 32.2. The largest absolute Gasteiger partial charge is 0.507 e. The number of rotatable bonds is 2. The predicted octanol–water partition coefficient (Wildman–Crippen LogP) is 2.23. The Labute approximate surface area is 95.7 Å². The first-order chi connectivity index (χ1) is 7.65. The number of halogens is 1. The third kappa shape index (κ3) is 1.61. The van der Waals surface area contributed by atoms with E-state index in [0.717, 1.165) is 11.8 Å². The maximum atomic E-state index is 14.0. The van der Waals surface area contributed by atoms with Gasteiger partial charge in [0, 0.05) is 11.1 Å². The Bertz CT molecular complexity index is 527. The fraction of sp³-hybridized carbons (Fsp3) is 0.100. The lowest BCUT2D eigenvalue weighted by Crippen LogP contribution is -1.92. The highest BCUT2D eigenvalue weighted by Gasteiger charge is 2.16. The summed E-state index contributed by atoms with van der Waals surface area (Å²) in [7, 11) is 0. The zero-order valence-corrected chi connectivity index (χ0v) is 9.31. The van der Waals surface area contributed by atoms with Crippen molar-refractivity contribution in [1.29, 1.82) is 0 Å². The summed E-state index contributed by atoms with van der Waals surface area (Å²) in [6, 6.07) is 2.92. The minimum atomic E-state index is -0.486. The maximum Gasteiger partial charge on any atom is 0.148 e. The van der Waals surface area contributed by atoms with Gasteiger partial charge in [-0.25, -0.2) is 4.39 Å². The van der Waals surface area contributed by atoms with Crippen LogP contribution in [0.3, 0.4) is 0 Å². The quantitative estimate of drug-likeness (QED) is 0.702. The molecule has 0 spiro atoms. The Morgan fingerprint density at radius 3 is 2.75 bits per heavy atom. The van der Waals surface area contributed by atoms with E-state index in [9.17, 15) is 9.50 Å². The van der Waals surface area contributed by atoms with E-state index in [2.05, 4.69) is 10.2 Å². The molecule has 0 aliphatic heterocycles. The van der Waals surface area contributed by atoms with Crippen molar-refractivity contribution in [2.75, 3.05) is 12.0 Å². The Kier molecular flexibility index (Phi) is 2.74. The molecule has 2 rings (SSSR count). The van der Waals surface area contributed by atoms with Gasteiger partial charge in [-0.3, -0.25) is 5.10 Å². The first kappa shape index (κ1) is 10.8. The van der Waals surface area contributed by atoms with Crippen molar-refractivity contribution in [3.05, 3.63) is 24.1 Å². The van der Waals surface area contributed by atoms with Gasteiger partial charge in [0.15, 0.2) is 0 Å². The zero-order valence-electron chi connectivity index (χ0n) is 8.49. The normalized spacial score (nSPS) is 10.6. The van der Waals surface area contributed by atoms with Crippen LogP contribution in [0.4, 0.5) is 10.2 Å². The van der Waals surface area contributed by atoms with E-state index < -0.39 is 5.82 Å². The van der Waals surface area contributed by atoms with Crippen molar-refractivity contribution in [1.82, 2.24) is 10.2 Å². The highest BCUT2D eigenvalue weighted by Crippen LogP contribution is 2.36. The van der Waals surface area contributed by atoms with Gasteiger partial charge in [0.1, 0.15) is 17.4 Å². The van der Waals surface area contributed by atoms with Crippen LogP contribution < -0.4 is 5.73 Å². The molecule has 0 amide bonds. The molecule has 0 bridgehead atoms. The van der Waals surface area contributed by atoms with Gasteiger partial charge >= 0.3 is 0 Å².